The Morgan fingerprint density at radius 2 is 1.93 bits per heavy atom. The number of rotatable bonds is 3. The first-order valence-corrected chi connectivity index (χ1v) is 8.98. The number of halogens is 4. The zero-order valence-electron chi connectivity index (χ0n) is 13.9. The fraction of sp³-hybridized carbons (Fsp3) is 0.389. The van der Waals surface area contributed by atoms with Gasteiger partial charge in [0, 0.05) is 18.4 Å². The number of nitrogens with zero attached hydrogens (tertiary/aromatic N) is 4. The first-order chi connectivity index (χ1) is 12.9. The minimum absolute atomic E-state index is 0.0700. The molecule has 27 heavy (non-hydrogen) atoms. The molecule has 2 fully saturated rings. The lowest BCUT2D eigenvalue weighted by Gasteiger charge is -2.13. The Morgan fingerprint density at radius 1 is 1.22 bits per heavy atom. The SMILES string of the molecule is O=c1c2nn(Cc3ccccc3F)c(Cl)c2cnn1C1[C@H]2CC(F)(F)C[C@@H]12. The second kappa shape index (κ2) is 5.58. The normalized spacial score (nSPS) is 25.7. The van der Waals surface area contributed by atoms with E-state index >= 15 is 0 Å². The van der Waals surface area contributed by atoms with Gasteiger partial charge < -0.3 is 0 Å². The summed E-state index contributed by atoms with van der Waals surface area (Å²) in [5, 5.41) is 8.94. The monoisotopic (exact) mass is 394 g/mol. The zero-order chi connectivity index (χ0) is 18.9. The van der Waals surface area contributed by atoms with Gasteiger partial charge in [-0.15, -0.1) is 0 Å². The van der Waals surface area contributed by atoms with Crippen molar-refractivity contribution in [1.82, 2.24) is 19.6 Å². The Morgan fingerprint density at radius 3 is 2.63 bits per heavy atom. The average Bonchev–Trinajstić information content (AvgIpc) is 2.97. The molecule has 2 aliphatic carbocycles. The topological polar surface area (TPSA) is 52.7 Å². The molecule has 3 atom stereocenters. The molecular formula is C18H14ClF3N4O. The Hall–Kier alpha value is -2.35. The maximum Gasteiger partial charge on any atom is 0.295 e. The van der Waals surface area contributed by atoms with Crippen LogP contribution in [-0.4, -0.2) is 25.5 Å². The van der Waals surface area contributed by atoms with Crippen molar-refractivity contribution in [3.63, 3.8) is 0 Å². The van der Waals surface area contributed by atoms with Crippen molar-refractivity contribution in [1.29, 1.82) is 0 Å². The fourth-order valence-electron chi connectivity index (χ4n) is 4.22. The summed E-state index contributed by atoms with van der Waals surface area (Å²) in [4.78, 5) is 12.8. The highest BCUT2D eigenvalue weighted by Gasteiger charge is 2.64. The molecule has 0 spiro atoms. The highest BCUT2D eigenvalue weighted by molar-refractivity contribution is 6.34. The molecule has 1 unspecified atom stereocenters. The van der Waals surface area contributed by atoms with Crippen molar-refractivity contribution in [3.8, 4) is 0 Å². The number of aromatic nitrogens is 4. The molecule has 5 rings (SSSR count). The predicted molar refractivity (Wildman–Crippen MR) is 92.5 cm³/mol. The quantitative estimate of drug-likeness (QED) is 0.681. The molecule has 3 aromatic rings. The molecule has 5 nitrogen and oxygen atoms in total. The van der Waals surface area contributed by atoms with E-state index in [2.05, 4.69) is 10.2 Å². The molecule has 140 valence electrons. The van der Waals surface area contributed by atoms with E-state index in [0.717, 1.165) is 0 Å². The summed E-state index contributed by atoms with van der Waals surface area (Å²) in [6.45, 7) is 0.0700. The molecule has 1 aromatic carbocycles. The van der Waals surface area contributed by atoms with E-state index in [-0.39, 0.29) is 47.9 Å². The molecule has 0 bridgehead atoms. The minimum atomic E-state index is -2.65. The van der Waals surface area contributed by atoms with E-state index in [9.17, 15) is 18.0 Å². The van der Waals surface area contributed by atoms with E-state index in [1.807, 2.05) is 0 Å². The van der Waals surface area contributed by atoms with Crippen molar-refractivity contribution in [3.05, 3.63) is 57.3 Å². The minimum Gasteiger partial charge on any atom is -0.265 e. The summed E-state index contributed by atoms with van der Waals surface area (Å²) in [7, 11) is 0. The second-order valence-electron chi connectivity index (χ2n) is 7.28. The third kappa shape index (κ3) is 2.57. The van der Waals surface area contributed by atoms with Gasteiger partial charge in [0.15, 0.2) is 5.52 Å². The van der Waals surface area contributed by atoms with Gasteiger partial charge in [-0.05, 0) is 17.9 Å². The lowest BCUT2D eigenvalue weighted by Crippen LogP contribution is -2.26. The molecule has 0 aliphatic heterocycles. The number of fused-ring (bicyclic) bond motifs is 2. The maximum atomic E-state index is 13.9. The molecule has 0 radical (unpaired) electrons. The van der Waals surface area contributed by atoms with Gasteiger partial charge in [0.25, 0.3) is 5.56 Å². The van der Waals surface area contributed by atoms with Crippen molar-refractivity contribution >= 4 is 22.5 Å². The summed E-state index contributed by atoms with van der Waals surface area (Å²) in [5.41, 5.74) is 0.0481. The van der Waals surface area contributed by atoms with Crippen molar-refractivity contribution < 1.29 is 13.2 Å². The molecule has 9 heteroatoms. The summed E-state index contributed by atoms with van der Waals surface area (Å²) in [6.07, 6.45) is 1.00. The largest absolute Gasteiger partial charge is 0.295 e. The Labute approximate surface area is 156 Å². The molecule has 2 saturated carbocycles. The third-order valence-corrected chi connectivity index (χ3v) is 5.96. The molecule has 0 N–H and O–H groups in total. The van der Waals surface area contributed by atoms with Crippen LogP contribution in [0.1, 0.15) is 24.4 Å². The van der Waals surface area contributed by atoms with Crippen LogP contribution in [0.3, 0.4) is 0 Å². The zero-order valence-corrected chi connectivity index (χ0v) is 14.7. The van der Waals surface area contributed by atoms with E-state index in [4.69, 9.17) is 11.6 Å². The molecule has 2 aliphatic rings. The standard InChI is InChI=1S/C18H14ClF3N4O/c19-16-12-7-23-26(15-10-5-18(21,22)6-11(10)15)17(27)14(12)24-25(16)8-9-3-1-2-4-13(9)20/h1-4,7,10-11,15H,5-6,8H2/t10-,11+,15?. The third-order valence-electron chi connectivity index (χ3n) is 5.56. The Balaban J connectivity index is 1.51. The highest BCUT2D eigenvalue weighted by atomic mass is 35.5. The van der Waals surface area contributed by atoms with E-state index in [1.54, 1.807) is 18.2 Å². The van der Waals surface area contributed by atoms with Crippen molar-refractivity contribution in [2.45, 2.75) is 31.4 Å². The van der Waals surface area contributed by atoms with Crippen LogP contribution < -0.4 is 5.56 Å². The lowest BCUT2D eigenvalue weighted by atomic mass is 10.1. The van der Waals surface area contributed by atoms with Crippen LogP contribution in [0.2, 0.25) is 5.15 Å². The Bertz CT molecular complexity index is 1110. The average molecular weight is 395 g/mol. The van der Waals surface area contributed by atoms with Crippen LogP contribution in [0, 0.1) is 17.7 Å². The number of benzene rings is 1. The van der Waals surface area contributed by atoms with Gasteiger partial charge in [0.2, 0.25) is 5.92 Å². The van der Waals surface area contributed by atoms with Crippen molar-refractivity contribution in [2.75, 3.05) is 0 Å². The van der Waals surface area contributed by atoms with Crippen LogP contribution >= 0.6 is 11.6 Å². The van der Waals surface area contributed by atoms with E-state index in [1.165, 1.54) is 21.6 Å². The van der Waals surface area contributed by atoms with Gasteiger partial charge >= 0.3 is 0 Å². The smallest absolute Gasteiger partial charge is 0.265 e. The molecule has 2 aromatic heterocycles. The summed E-state index contributed by atoms with van der Waals surface area (Å²) in [6, 6.07) is 5.92. The van der Waals surface area contributed by atoms with E-state index < -0.39 is 17.3 Å². The van der Waals surface area contributed by atoms with Crippen LogP contribution in [-0.2, 0) is 6.54 Å². The number of hydrogen-bond acceptors (Lipinski definition) is 3. The molecule has 0 amide bonds. The van der Waals surface area contributed by atoms with Gasteiger partial charge in [-0.25, -0.2) is 22.5 Å². The van der Waals surface area contributed by atoms with Gasteiger partial charge in [0.1, 0.15) is 11.0 Å². The highest BCUT2D eigenvalue weighted by Crippen LogP contribution is 2.64. The van der Waals surface area contributed by atoms with Crippen LogP contribution in [0.15, 0.2) is 35.3 Å². The molecule has 0 saturated heterocycles. The fourth-order valence-corrected chi connectivity index (χ4v) is 4.45. The predicted octanol–water partition coefficient (Wildman–Crippen LogP) is 3.65. The summed E-state index contributed by atoms with van der Waals surface area (Å²) >= 11 is 6.30. The van der Waals surface area contributed by atoms with Crippen LogP contribution in [0.4, 0.5) is 13.2 Å². The van der Waals surface area contributed by atoms with E-state index in [0.29, 0.717) is 10.9 Å². The maximum absolute atomic E-state index is 13.9. The van der Waals surface area contributed by atoms with Gasteiger partial charge in [-0.3, -0.25) is 4.79 Å². The first-order valence-electron chi connectivity index (χ1n) is 8.61. The number of alkyl halides is 2. The first kappa shape index (κ1) is 16.8. The molecule has 2 heterocycles. The van der Waals surface area contributed by atoms with Crippen LogP contribution in [0.5, 0.6) is 0 Å². The summed E-state index contributed by atoms with van der Waals surface area (Å²) < 4.78 is 43.3. The number of hydrogen-bond donors (Lipinski definition) is 0. The van der Waals surface area contributed by atoms with Crippen LogP contribution in [0.25, 0.3) is 10.9 Å². The van der Waals surface area contributed by atoms with Crippen molar-refractivity contribution in [2.24, 2.45) is 11.8 Å². The van der Waals surface area contributed by atoms with Gasteiger partial charge in [0.05, 0.1) is 24.2 Å². The Kier molecular flexibility index (Phi) is 3.47. The summed E-state index contributed by atoms with van der Waals surface area (Å²) in [5.74, 6) is -3.49. The second-order valence-corrected chi connectivity index (χ2v) is 7.64. The molecular weight excluding hydrogens is 381 g/mol. The van der Waals surface area contributed by atoms with Gasteiger partial charge in [-0.1, -0.05) is 29.8 Å². The lowest BCUT2D eigenvalue weighted by molar-refractivity contribution is -0.00821. The van der Waals surface area contributed by atoms with Gasteiger partial charge in [-0.2, -0.15) is 10.2 Å².